The van der Waals surface area contributed by atoms with E-state index in [1.54, 1.807) is 0 Å². The van der Waals surface area contributed by atoms with E-state index in [9.17, 15) is 0 Å². The molecule has 0 spiro atoms. The first kappa shape index (κ1) is 12.6. The van der Waals surface area contributed by atoms with Gasteiger partial charge in [0.25, 0.3) is 0 Å². The van der Waals surface area contributed by atoms with Crippen LogP contribution in [-0.4, -0.2) is 11.3 Å². The predicted octanol–water partition coefficient (Wildman–Crippen LogP) is 3.52. The Morgan fingerprint density at radius 3 is 2.47 bits per heavy atom. The van der Waals surface area contributed by atoms with E-state index in [0.717, 1.165) is 6.42 Å². The minimum Gasteiger partial charge on any atom is -0.328 e. The van der Waals surface area contributed by atoms with Crippen molar-refractivity contribution in [3.05, 3.63) is 29.3 Å². The minimum atomic E-state index is 0.290. The van der Waals surface area contributed by atoms with E-state index in [4.69, 9.17) is 5.73 Å². The summed E-state index contributed by atoms with van der Waals surface area (Å²) >= 11 is 1.93. The lowest BCUT2D eigenvalue weighted by molar-refractivity contribution is 0.663. The number of nitrogens with two attached hydrogens (primary N) is 1. The summed E-state index contributed by atoms with van der Waals surface area (Å²) in [5.41, 5.74) is 8.50. The van der Waals surface area contributed by atoms with Crippen LogP contribution in [0.3, 0.4) is 0 Å². The zero-order valence-electron chi connectivity index (χ0n) is 10.1. The Bertz CT molecular complexity index is 320. The van der Waals surface area contributed by atoms with Crippen molar-refractivity contribution in [1.29, 1.82) is 0 Å². The smallest absolute Gasteiger partial charge is 0.0104 e. The molecule has 0 aliphatic rings. The summed E-state index contributed by atoms with van der Waals surface area (Å²) < 4.78 is 0. The van der Waals surface area contributed by atoms with Crippen molar-refractivity contribution in [3.63, 3.8) is 0 Å². The van der Waals surface area contributed by atoms with Crippen LogP contribution in [0, 0.1) is 13.8 Å². The lowest BCUT2D eigenvalue weighted by Gasteiger charge is -2.15. The van der Waals surface area contributed by atoms with Gasteiger partial charge >= 0.3 is 0 Å². The molecule has 2 atom stereocenters. The van der Waals surface area contributed by atoms with Crippen LogP contribution in [-0.2, 0) is 0 Å². The highest BCUT2D eigenvalue weighted by Crippen LogP contribution is 2.28. The number of benzene rings is 1. The second kappa shape index (κ2) is 5.57. The molecule has 0 aromatic heterocycles. The molecule has 0 radical (unpaired) electrons. The topological polar surface area (TPSA) is 26.0 Å². The molecule has 0 fully saturated rings. The van der Waals surface area contributed by atoms with Crippen molar-refractivity contribution in [1.82, 2.24) is 0 Å². The zero-order valence-corrected chi connectivity index (χ0v) is 10.9. The molecule has 2 N–H and O–H groups in total. The van der Waals surface area contributed by atoms with E-state index in [-0.39, 0.29) is 0 Å². The molecule has 0 saturated carbocycles. The number of rotatable bonds is 4. The first-order valence-corrected chi connectivity index (χ1v) is 6.36. The Morgan fingerprint density at radius 2 is 1.93 bits per heavy atom. The van der Waals surface area contributed by atoms with Gasteiger partial charge in [-0.3, -0.25) is 0 Å². The summed E-state index contributed by atoms with van der Waals surface area (Å²) in [4.78, 5) is 1.38. The summed E-state index contributed by atoms with van der Waals surface area (Å²) in [5, 5.41) is 0.589. The summed E-state index contributed by atoms with van der Waals surface area (Å²) in [6.07, 6.45) is 1.07. The summed E-state index contributed by atoms with van der Waals surface area (Å²) in [5.74, 6) is 0. The second-order valence-corrected chi connectivity index (χ2v) is 5.89. The quantitative estimate of drug-likeness (QED) is 0.790. The van der Waals surface area contributed by atoms with Gasteiger partial charge in [-0.1, -0.05) is 24.6 Å². The van der Waals surface area contributed by atoms with Gasteiger partial charge in [-0.05, 0) is 38.8 Å². The van der Waals surface area contributed by atoms with Crippen molar-refractivity contribution in [2.24, 2.45) is 5.73 Å². The average molecular weight is 223 g/mol. The molecular formula is C13H21NS. The molecule has 0 bridgehead atoms. The third kappa shape index (κ3) is 4.27. The SMILES string of the molecule is Cc1ccc(SC(C)CC(C)N)c(C)c1. The Hall–Kier alpha value is -0.470. The lowest BCUT2D eigenvalue weighted by atomic mass is 10.2. The van der Waals surface area contributed by atoms with Gasteiger partial charge in [0.05, 0.1) is 0 Å². The second-order valence-electron chi connectivity index (χ2n) is 4.41. The van der Waals surface area contributed by atoms with Crippen molar-refractivity contribution < 1.29 is 0 Å². The maximum atomic E-state index is 5.80. The maximum Gasteiger partial charge on any atom is 0.0104 e. The van der Waals surface area contributed by atoms with Crippen LogP contribution in [0.5, 0.6) is 0 Å². The largest absolute Gasteiger partial charge is 0.328 e. The Kier molecular flexibility index (Phi) is 4.68. The van der Waals surface area contributed by atoms with Crippen LogP contribution in [0.1, 0.15) is 31.4 Å². The standard InChI is InChI=1S/C13H21NS/c1-9-5-6-13(10(2)7-9)15-12(4)8-11(3)14/h5-7,11-12H,8,14H2,1-4H3. The molecule has 2 heteroatoms. The number of thioether (sulfide) groups is 1. The van der Waals surface area contributed by atoms with Gasteiger partial charge in [0.2, 0.25) is 0 Å². The van der Waals surface area contributed by atoms with Crippen LogP contribution < -0.4 is 5.73 Å². The molecular weight excluding hydrogens is 202 g/mol. The van der Waals surface area contributed by atoms with E-state index in [2.05, 4.69) is 45.9 Å². The van der Waals surface area contributed by atoms with Gasteiger partial charge in [-0.15, -0.1) is 11.8 Å². The van der Waals surface area contributed by atoms with E-state index in [1.807, 2.05) is 11.8 Å². The van der Waals surface area contributed by atoms with Gasteiger partial charge in [-0.25, -0.2) is 0 Å². The molecule has 1 nitrogen and oxygen atoms in total. The zero-order chi connectivity index (χ0) is 11.4. The van der Waals surface area contributed by atoms with E-state index in [1.165, 1.54) is 16.0 Å². The fraction of sp³-hybridized carbons (Fsp3) is 0.538. The molecule has 0 aliphatic heterocycles. The molecule has 1 rings (SSSR count). The molecule has 1 aromatic rings. The summed E-state index contributed by atoms with van der Waals surface area (Å²) in [7, 11) is 0. The number of aryl methyl sites for hydroxylation is 2. The Morgan fingerprint density at radius 1 is 1.27 bits per heavy atom. The molecule has 0 heterocycles. The fourth-order valence-corrected chi connectivity index (χ4v) is 2.94. The third-order valence-electron chi connectivity index (χ3n) is 2.36. The maximum absolute atomic E-state index is 5.80. The summed E-state index contributed by atoms with van der Waals surface area (Å²) in [6.45, 7) is 8.62. The Balaban J connectivity index is 2.64. The van der Waals surface area contributed by atoms with Crippen molar-refractivity contribution in [2.45, 2.75) is 50.3 Å². The van der Waals surface area contributed by atoms with Crippen molar-refractivity contribution in [3.8, 4) is 0 Å². The van der Waals surface area contributed by atoms with Crippen LogP contribution in [0.2, 0.25) is 0 Å². The molecule has 2 unspecified atom stereocenters. The molecule has 0 saturated heterocycles. The number of hydrogen-bond acceptors (Lipinski definition) is 2. The first-order chi connectivity index (χ1) is 6.99. The monoisotopic (exact) mass is 223 g/mol. The van der Waals surface area contributed by atoms with Crippen LogP contribution in [0.25, 0.3) is 0 Å². The molecule has 84 valence electrons. The highest BCUT2D eigenvalue weighted by molar-refractivity contribution is 8.00. The minimum absolute atomic E-state index is 0.290. The third-order valence-corrected chi connectivity index (χ3v) is 3.67. The predicted molar refractivity (Wildman–Crippen MR) is 69.5 cm³/mol. The van der Waals surface area contributed by atoms with Gasteiger partial charge in [0.15, 0.2) is 0 Å². The highest BCUT2D eigenvalue weighted by Gasteiger charge is 2.08. The van der Waals surface area contributed by atoms with Gasteiger partial charge in [0.1, 0.15) is 0 Å². The fourth-order valence-electron chi connectivity index (χ4n) is 1.72. The van der Waals surface area contributed by atoms with Gasteiger partial charge in [0, 0.05) is 16.2 Å². The lowest BCUT2D eigenvalue weighted by Crippen LogP contribution is -2.19. The molecule has 15 heavy (non-hydrogen) atoms. The molecule has 1 aromatic carbocycles. The van der Waals surface area contributed by atoms with Crippen molar-refractivity contribution in [2.75, 3.05) is 0 Å². The van der Waals surface area contributed by atoms with E-state index < -0.39 is 0 Å². The highest BCUT2D eigenvalue weighted by atomic mass is 32.2. The Labute approximate surface area is 97.4 Å². The van der Waals surface area contributed by atoms with Crippen LogP contribution in [0.15, 0.2) is 23.1 Å². The van der Waals surface area contributed by atoms with E-state index in [0.29, 0.717) is 11.3 Å². The van der Waals surface area contributed by atoms with Gasteiger partial charge < -0.3 is 5.73 Å². The van der Waals surface area contributed by atoms with E-state index >= 15 is 0 Å². The van der Waals surface area contributed by atoms with Crippen molar-refractivity contribution >= 4 is 11.8 Å². The first-order valence-electron chi connectivity index (χ1n) is 5.48. The average Bonchev–Trinajstić information content (AvgIpc) is 2.08. The van der Waals surface area contributed by atoms with Gasteiger partial charge in [-0.2, -0.15) is 0 Å². The molecule has 0 amide bonds. The van der Waals surface area contributed by atoms with Crippen LogP contribution in [0.4, 0.5) is 0 Å². The normalized spacial score (nSPS) is 15.0. The number of hydrogen-bond donors (Lipinski definition) is 1. The summed E-state index contributed by atoms with van der Waals surface area (Å²) in [6, 6.07) is 6.92. The molecule has 0 aliphatic carbocycles. The van der Waals surface area contributed by atoms with Crippen LogP contribution >= 0.6 is 11.8 Å².